The van der Waals surface area contributed by atoms with Crippen molar-refractivity contribution in [1.29, 1.82) is 5.26 Å². The molecule has 1 heterocycles. The minimum absolute atomic E-state index is 0.678. The molecule has 15 heavy (non-hydrogen) atoms. The molecule has 1 aromatic rings. The van der Waals surface area contributed by atoms with Gasteiger partial charge in [0.2, 0.25) is 0 Å². The molecule has 2 rings (SSSR count). The van der Waals surface area contributed by atoms with Crippen LogP contribution in [0.2, 0.25) is 0 Å². The summed E-state index contributed by atoms with van der Waals surface area (Å²) in [6, 6.07) is 12.4. The van der Waals surface area contributed by atoms with Crippen LogP contribution in [0.3, 0.4) is 0 Å². The van der Waals surface area contributed by atoms with Crippen LogP contribution in [0, 0.1) is 11.3 Å². The van der Waals surface area contributed by atoms with Gasteiger partial charge in [0.15, 0.2) is 0 Å². The molecule has 1 aliphatic heterocycles. The third-order valence-electron chi connectivity index (χ3n) is 2.55. The molecule has 0 aromatic heterocycles. The first-order chi connectivity index (χ1) is 7.29. The van der Waals surface area contributed by atoms with Gasteiger partial charge in [-0.2, -0.15) is 5.26 Å². The highest BCUT2D eigenvalue weighted by atomic mass is 15.1. The second-order valence-corrected chi connectivity index (χ2v) is 3.75. The van der Waals surface area contributed by atoms with E-state index in [1.165, 1.54) is 5.56 Å². The maximum Gasteiger partial charge on any atom is 0.0979 e. The fraction of sp³-hybridized carbons (Fsp3) is 0.250. The van der Waals surface area contributed by atoms with Crippen molar-refractivity contribution in [2.75, 3.05) is 13.1 Å². The van der Waals surface area contributed by atoms with Crippen LogP contribution in [0.5, 0.6) is 0 Å². The van der Waals surface area contributed by atoms with Crippen molar-refractivity contribution in [2.24, 2.45) is 5.73 Å². The summed E-state index contributed by atoms with van der Waals surface area (Å²) in [6.07, 6.45) is 0. The van der Waals surface area contributed by atoms with E-state index in [-0.39, 0.29) is 0 Å². The molecular formula is C12H13N3. The molecule has 1 aromatic carbocycles. The van der Waals surface area contributed by atoms with E-state index in [0.717, 1.165) is 6.54 Å². The summed E-state index contributed by atoms with van der Waals surface area (Å²) in [6.45, 7) is 2.24. The van der Waals surface area contributed by atoms with Crippen LogP contribution in [0.25, 0.3) is 0 Å². The van der Waals surface area contributed by atoms with Gasteiger partial charge in [-0.1, -0.05) is 30.3 Å². The van der Waals surface area contributed by atoms with E-state index in [4.69, 9.17) is 11.0 Å². The number of benzene rings is 1. The van der Waals surface area contributed by atoms with Gasteiger partial charge in [-0.15, -0.1) is 0 Å². The Balaban J connectivity index is 1.99. The van der Waals surface area contributed by atoms with Crippen LogP contribution >= 0.6 is 0 Å². The van der Waals surface area contributed by atoms with Gasteiger partial charge in [-0.05, 0) is 5.56 Å². The summed E-state index contributed by atoms with van der Waals surface area (Å²) < 4.78 is 0. The van der Waals surface area contributed by atoms with Crippen LogP contribution < -0.4 is 5.73 Å². The van der Waals surface area contributed by atoms with Crippen LogP contribution in [-0.4, -0.2) is 18.0 Å². The maximum absolute atomic E-state index is 8.81. The molecule has 2 N–H and O–H groups in total. The van der Waals surface area contributed by atoms with Gasteiger partial charge in [-0.3, -0.25) is 4.90 Å². The smallest absolute Gasteiger partial charge is 0.0979 e. The minimum atomic E-state index is 0.678. The quantitative estimate of drug-likeness (QED) is 0.779. The Kier molecular flexibility index (Phi) is 2.70. The summed E-state index contributed by atoms with van der Waals surface area (Å²) in [7, 11) is 0. The van der Waals surface area contributed by atoms with E-state index >= 15 is 0 Å². The average Bonchev–Trinajstić information content (AvgIpc) is 2.60. The third kappa shape index (κ3) is 2.17. The highest BCUT2D eigenvalue weighted by Crippen LogP contribution is 2.15. The van der Waals surface area contributed by atoms with Crippen molar-refractivity contribution in [3.05, 3.63) is 47.2 Å². The Morgan fingerprint density at radius 1 is 1.27 bits per heavy atom. The number of hydrogen-bond acceptors (Lipinski definition) is 3. The number of nitriles is 1. The van der Waals surface area contributed by atoms with E-state index < -0.39 is 0 Å². The Morgan fingerprint density at radius 2 is 2.00 bits per heavy atom. The second kappa shape index (κ2) is 4.16. The molecule has 0 spiro atoms. The van der Waals surface area contributed by atoms with Gasteiger partial charge in [-0.25, -0.2) is 0 Å². The lowest BCUT2D eigenvalue weighted by molar-refractivity contribution is 0.338. The molecule has 0 fully saturated rings. The van der Waals surface area contributed by atoms with E-state index in [0.29, 0.717) is 24.4 Å². The summed E-state index contributed by atoms with van der Waals surface area (Å²) in [5.41, 5.74) is 8.43. The van der Waals surface area contributed by atoms with Gasteiger partial charge in [0.25, 0.3) is 0 Å². The first-order valence-corrected chi connectivity index (χ1v) is 4.93. The van der Waals surface area contributed by atoms with E-state index in [1.807, 2.05) is 18.2 Å². The fourth-order valence-electron chi connectivity index (χ4n) is 1.78. The van der Waals surface area contributed by atoms with Gasteiger partial charge in [0.1, 0.15) is 0 Å². The summed E-state index contributed by atoms with van der Waals surface area (Å²) in [4.78, 5) is 2.17. The zero-order valence-electron chi connectivity index (χ0n) is 8.48. The topological polar surface area (TPSA) is 53.1 Å². The van der Waals surface area contributed by atoms with Crippen LogP contribution in [0.1, 0.15) is 5.56 Å². The van der Waals surface area contributed by atoms with Gasteiger partial charge in [0, 0.05) is 25.3 Å². The van der Waals surface area contributed by atoms with Crippen LogP contribution in [0.15, 0.2) is 41.6 Å². The number of nitrogens with two attached hydrogens (primary N) is 1. The monoisotopic (exact) mass is 199 g/mol. The first kappa shape index (κ1) is 9.75. The molecule has 0 saturated carbocycles. The van der Waals surface area contributed by atoms with Gasteiger partial charge in [0.05, 0.1) is 11.6 Å². The highest BCUT2D eigenvalue weighted by Gasteiger charge is 2.19. The van der Waals surface area contributed by atoms with Crippen molar-refractivity contribution in [2.45, 2.75) is 6.54 Å². The first-order valence-electron chi connectivity index (χ1n) is 4.93. The SMILES string of the molecule is N#CC1=C(N)CN(Cc2ccccc2)C1. The van der Waals surface area contributed by atoms with Crippen molar-refractivity contribution in [1.82, 2.24) is 4.90 Å². The third-order valence-corrected chi connectivity index (χ3v) is 2.55. The molecule has 0 unspecified atom stereocenters. The predicted molar refractivity (Wildman–Crippen MR) is 58.5 cm³/mol. The normalized spacial score (nSPS) is 16.7. The van der Waals surface area contributed by atoms with E-state index in [2.05, 4.69) is 23.1 Å². The molecule has 76 valence electrons. The molecule has 3 nitrogen and oxygen atoms in total. The van der Waals surface area contributed by atoms with E-state index in [9.17, 15) is 0 Å². The van der Waals surface area contributed by atoms with Crippen LogP contribution in [-0.2, 0) is 6.54 Å². The number of nitrogens with zero attached hydrogens (tertiary/aromatic N) is 2. The molecule has 3 heteroatoms. The molecular weight excluding hydrogens is 186 g/mol. The lowest BCUT2D eigenvalue weighted by Gasteiger charge is -2.14. The maximum atomic E-state index is 8.81. The molecule has 0 saturated heterocycles. The molecule has 0 amide bonds. The predicted octanol–water partition coefficient (Wildman–Crippen LogP) is 1.24. The Labute approximate surface area is 89.4 Å². The van der Waals surface area contributed by atoms with Gasteiger partial charge >= 0.3 is 0 Å². The molecule has 0 atom stereocenters. The minimum Gasteiger partial charge on any atom is -0.400 e. The molecule has 0 bridgehead atoms. The molecule has 0 radical (unpaired) electrons. The van der Waals surface area contributed by atoms with Crippen LogP contribution in [0.4, 0.5) is 0 Å². The largest absolute Gasteiger partial charge is 0.400 e. The summed E-state index contributed by atoms with van der Waals surface area (Å²) in [5.74, 6) is 0. The average molecular weight is 199 g/mol. The Bertz CT molecular complexity index is 414. The van der Waals surface area contributed by atoms with E-state index in [1.54, 1.807) is 0 Å². The zero-order valence-corrected chi connectivity index (χ0v) is 8.48. The summed E-state index contributed by atoms with van der Waals surface area (Å²) in [5, 5.41) is 8.81. The Morgan fingerprint density at radius 3 is 2.60 bits per heavy atom. The standard InChI is InChI=1S/C12H13N3/c13-6-11-8-15(9-12(11)14)7-10-4-2-1-3-5-10/h1-5H,7-9,14H2. The van der Waals surface area contributed by atoms with Crippen molar-refractivity contribution < 1.29 is 0 Å². The zero-order chi connectivity index (χ0) is 10.7. The van der Waals surface area contributed by atoms with Crippen molar-refractivity contribution >= 4 is 0 Å². The van der Waals surface area contributed by atoms with Crippen molar-refractivity contribution in [3.63, 3.8) is 0 Å². The molecule has 0 aliphatic carbocycles. The number of rotatable bonds is 2. The lowest BCUT2D eigenvalue weighted by atomic mass is 10.2. The van der Waals surface area contributed by atoms with Gasteiger partial charge < -0.3 is 5.73 Å². The Hall–Kier alpha value is -1.79. The lowest BCUT2D eigenvalue weighted by Crippen LogP contribution is -2.21. The second-order valence-electron chi connectivity index (χ2n) is 3.75. The number of hydrogen-bond donors (Lipinski definition) is 1. The highest BCUT2D eigenvalue weighted by molar-refractivity contribution is 5.32. The molecule has 1 aliphatic rings. The van der Waals surface area contributed by atoms with Crippen molar-refractivity contribution in [3.8, 4) is 6.07 Å². The fourth-order valence-corrected chi connectivity index (χ4v) is 1.78. The summed E-state index contributed by atoms with van der Waals surface area (Å²) >= 11 is 0.